The third-order valence-electron chi connectivity index (χ3n) is 10.8. The number of carbonyl (C=O) groups is 2. The first-order valence-corrected chi connectivity index (χ1v) is 23.8. The van der Waals surface area contributed by atoms with E-state index in [9.17, 15) is 28.1 Å². The predicted molar refractivity (Wildman–Crippen MR) is 251 cm³/mol. The highest BCUT2D eigenvalue weighted by Crippen LogP contribution is 2.31. The Morgan fingerprint density at radius 1 is 0.905 bits per heavy atom. The van der Waals surface area contributed by atoms with E-state index in [2.05, 4.69) is 42.9 Å². The number of rotatable bonds is 21. The zero-order valence-electron chi connectivity index (χ0n) is 35.5. The summed E-state index contributed by atoms with van der Waals surface area (Å²) >= 11 is 7.72. The second kappa shape index (κ2) is 22.8. The van der Waals surface area contributed by atoms with Gasteiger partial charge in [-0.3, -0.25) is 24.6 Å². The molecule has 5 aromatic carbocycles. The molecule has 0 spiro atoms. The Balaban J connectivity index is 1.05. The van der Waals surface area contributed by atoms with E-state index in [-0.39, 0.29) is 23.3 Å². The highest BCUT2D eigenvalue weighted by molar-refractivity contribution is 7.99. The fourth-order valence-corrected chi connectivity index (χ4v) is 9.45. The third kappa shape index (κ3) is 13.8. The summed E-state index contributed by atoms with van der Waals surface area (Å²) in [6.45, 7) is 7.44. The molecule has 0 radical (unpaired) electrons. The maximum atomic E-state index is 13.5. The van der Waals surface area contributed by atoms with Crippen LogP contribution in [0.15, 0.2) is 131 Å². The molecule has 0 saturated carbocycles. The van der Waals surface area contributed by atoms with Crippen molar-refractivity contribution in [1.82, 2.24) is 14.5 Å². The minimum atomic E-state index is -4.48. The molecule has 0 unspecified atom stereocenters. The summed E-state index contributed by atoms with van der Waals surface area (Å²) in [5.74, 6) is -0.508. The lowest BCUT2D eigenvalue weighted by molar-refractivity contribution is -0.384. The molecule has 13 nitrogen and oxygen atoms in total. The van der Waals surface area contributed by atoms with E-state index in [4.69, 9.17) is 16.3 Å². The maximum Gasteiger partial charge on any atom is 0.305 e. The minimum Gasteiger partial charge on any atom is -0.466 e. The molecule has 0 aromatic heterocycles. The number of amides is 1. The number of nitro groups is 1. The summed E-state index contributed by atoms with van der Waals surface area (Å²) in [7, 11) is -2.53. The summed E-state index contributed by atoms with van der Waals surface area (Å²) in [6, 6.07) is 36.1. The summed E-state index contributed by atoms with van der Waals surface area (Å²) in [5, 5.41) is 16.3. The summed E-state index contributed by atoms with van der Waals surface area (Å²) in [4.78, 5) is 44.1. The SMILES string of the molecule is CCOC(=O)CCCN(C)CC[C@H](CSc1ccccc1)Nc1ccc(S(=O)(=O)NC(=O)c2ccc(N3CCN(Cc4ccccc4-c4ccc(Cl)cc4)CC3)cc2)cc1[N+](=O)[O-]. The Morgan fingerprint density at radius 3 is 2.30 bits per heavy atom. The molecule has 1 fully saturated rings. The van der Waals surface area contributed by atoms with Crippen LogP contribution in [0.1, 0.15) is 42.1 Å². The Labute approximate surface area is 379 Å². The number of hydrogen-bond donors (Lipinski definition) is 2. The second-order valence-corrected chi connectivity index (χ2v) is 18.5. The van der Waals surface area contributed by atoms with Crippen LogP contribution in [0, 0.1) is 10.1 Å². The van der Waals surface area contributed by atoms with Crippen molar-refractivity contribution in [1.29, 1.82) is 0 Å². The van der Waals surface area contributed by atoms with Crippen molar-refractivity contribution < 1.29 is 27.7 Å². The molecule has 63 heavy (non-hydrogen) atoms. The number of thioether (sulfide) groups is 1. The number of anilines is 2. The van der Waals surface area contributed by atoms with E-state index >= 15 is 0 Å². The standard InChI is InChI=1S/C47H53ClN6O7S2/c1-3-61-46(55)14-9-26-51(2)27-25-39(34-62-41-11-5-4-6-12-41)49-44-24-23-42(32-45(44)54(57)58)63(59,60)50-47(56)36-17-21-40(22-18-36)53-30-28-52(29-31-53)33-37-10-7-8-13-43(37)35-15-19-38(48)20-16-35/h4-8,10-13,15-24,32,39,49H,3,9,14,25-31,33-34H2,1-2H3,(H,50,56)/t39-/m1/s1. The van der Waals surface area contributed by atoms with Gasteiger partial charge in [0.15, 0.2) is 0 Å². The first-order chi connectivity index (χ1) is 30.4. The van der Waals surface area contributed by atoms with E-state index in [1.54, 1.807) is 43.0 Å². The Bertz CT molecular complexity index is 2420. The number of benzene rings is 5. The lowest BCUT2D eigenvalue weighted by Gasteiger charge is -2.36. The fraction of sp³-hybridized carbons (Fsp3) is 0.319. The summed E-state index contributed by atoms with van der Waals surface area (Å²) in [5.41, 5.74) is 4.31. The van der Waals surface area contributed by atoms with E-state index in [1.165, 1.54) is 23.3 Å². The molecule has 1 amide bonds. The van der Waals surface area contributed by atoms with Crippen LogP contribution >= 0.6 is 23.4 Å². The smallest absolute Gasteiger partial charge is 0.305 e. The van der Waals surface area contributed by atoms with Crippen molar-refractivity contribution in [2.75, 3.05) is 68.9 Å². The van der Waals surface area contributed by atoms with E-state index in [1.807, 2.05) is 67.7 Å². The molecular formula is C47H53ClN6O7S2. The Hall–Kier alpha value is -5.45. The van der Waals surface area contributed by atoms with Crippen molar-refractivity contribution in [2.24, 2.45) is 0 Å². The van der Waals surface area contributed by atoms with E-state index < -0.39 is 31.4 Å². The van der Waals surface area contributed by atoms with Crippen LogP contribution in [0.2, 0.25) is 5.02 Å². The van der Waals surface area contributed by atoms with Gasteiger partial charge in [-0.25, -0.2) is 13.1 Å². The second-order valence-electron chi connectivity index (χ2n) is 15.3. The van der Waals surface area contributed by atoms with Crippen LogP contribution in [0.25, 0.3) is 11.1 Å². The van der Waals surface area contributed by atoms with Gasteiger partial charge < -0.3 is 19.9 Å². The highest BCUT2D eigenvalue weighted by atomic mass is 35.5. The van der Waals surface area contributed by atoms with Crippen LogP contribution in [0.3, 0.4) is 0 Å². The molecule has 16 heteroatoms. The van der Waals surface area contributed by atoms with Gasteiger partial charge >= 0.3 is 5.97 Å². The van der Waals surface area contributed by atoms with Gasteiger partial charge in [0.25, 0.3) is 21.6 Å². The number of esters is 1. The lowest BCUT2D eigenvalue weighted by Crippen LogP contribution is -2.46. The molecule has 1 aliphatic rings. The Morgan fingerprint density at radius 2 is 1.60 bits per heavy atom. The van der Waals surface area contributed by atoms with Crippen LogP contribution in [-0.2, 0) is 26.1 Å². The quantitative estimate of drug-likeness (QED) is 0.0314. The van der Waals surface area contributed by atoms with Crippen LogP contribution in [0.4, 0.5) is 17.1 Å². The summed E-state index contributed by atoms with van der Waals surface area (Å²) < 4.78 is 34.1. The number of halogens is 1. The average molecular weight is 914 g/mol. The van der Waals surface area contributed by atoms with Gasteiger partial charge in [-0.15, -0.1) is 11.8 Å². The molecule has 1 heterocycles. The fourth-order valence-electron chi connectivity index (χ4n) is 7.33. The van der Waals surface area contributed by atoms with Crippen molar-refractivity contribution in [3.63, 3.8) is 0 Å². The van der Waals surface area contributed by atoms with Crippen molar-refractivity contribution in [3.8, 4) is 11.1 Å². The largest absolute Gasteiger partial charge is 0.466 e. The number of hydrogen-bond acceptors (Lipinski definition) is 12. The number of sulfonamides is 1. The van der Waals surface area contributed by atoms with E-state index in [0.29, 0.717) is 49.7 Å². The highest BCUT2D eigenvalue weighted by Gasteiger charge is 2.26. The monoisotopic (exact) mass is 912 g/mol. The number of nitro benzene ring substituents is 1. The molecule has 2 N–H and O–H groups in total. The zero-order valence-corrected chi connectivity index (χ0v) is 37.8. The zero-order chi connectivity index (χ0) is 44.8. The van der Waals surface area contributed by atoms with Gasteiger partial charge in [0.1, 0.15) is 5.69 Å². The van der Waals surface area contributed by atoms with Crippen LogP contribution < -0.4 is 14.9 Å². The predicted octanol–water partition coefficient (Wildman–Crippen LogP) is 8.59. The van der Waals surface area contributed by atoms with Crippen molar-refractivity contribution >= 4 is 62.3 Å². The van der Waals surface area contributed by atoms with Crippen molar-refractivity contribution in [3.05, 3.63) is 148 Å². The molecule has 1 saturated heterocycles. The molecule has 6 rings (SSSR count). The molecule has 0 aliphatic carbocycles. The number of piperazine rings is 1. The average Bonchev–Trinajstić information content (AvgIpc) is 3.28. The van der Waals surface area contributed by atoms with Gasteiger partial charge in [-0.05, 0) is 117 Å². The molecule has 332 valence electrons. The van der Waals surface area contributed by atoms with Crippen molar-refractivity contribution in [2.45, 2.75) is 48.6 Å². The van der Waals surface area contributed by atoms with Gasteiger partial charge in [-0.2, -0.15) is 0 Å². The van der Waals surface area contributed by atoms with Crippen LogP contribution in [-0.4, -0.2) is 99.7 Å². The lowest BCUT2D eigenvalue weighted by atomic mass is 9.99. The number of nitrogens with zero attached hydrogens (tertiary/aromatic N) is 4. The number of ether oxygens (including phenoxy) is 1. The first-order valence-electron chi connectivity index (χ1n) is 20.9. The summed E-state index contributed by atoms with van der Waals surface area (Å²) in [6.07, 6.45) is 1.57. The molecule has 1 aliphatic heterocycles. The van der Waals surface area contributed by atoms with Crippen LogP contribution in [0.5, 0.6) is 0 Å². The third-order valence-corrected chi connectivity index (χ3v) is 13.5. The van der Waals surface area contributed by atoms with Gasteiger partial charge in [0, 0.05) is 78.2 Å². The normalized spacial score (nSPS) is 13.7. The number of carbonyl (C=O) groups excluding carboxylic acids is 2. The molecule has 1 atom stereocenters. The minimum absolute atomic E-state index is 0.136. The van der Waals surface area contributed by atoms with Gasteiger partial charge in [0.2, 0.25) is 0 Å². The molecule has 5 aromatic rings. The molecule has 0 bridgehead atoms. The number of nitrogens with one attached hydrogen (secondary N) is 2. The topological polar surface area (TPSA) is 154 Å². The van der Waals surface area contributed by atoms with Gasteiger partial charge in [0.05, 0.1) is 16.4 Å². The van der Waals surface area contributed by atoms with E-state index in [0.717, 1.165) is 54.9 Å². The Kier molecular flexibility index (Phi) is 17.0. The first kappa shape index (κ1) is 47.0. The molecular weight excluding hydrogens is 860 g/mol. The maximum absolute atomic E-state index is 13.5. The van der Waals surface area contributed by atoms with Gasteiger partial charge in [-0.1, -0.05) is 66.2 Å².